The van der Waals surface area contributed by atoms with Crippen molar-refractivity contribution in [3.8, 4) is 6.07 Å². The Morgan fingerprint density at radius 1 is 1.37 bits per heavy atom. The van der Waals surface area contributed by atoms with Crippen LogP contribution in [-0.2, 0) is 14.8 Å². The molecule has 7 heteroatoms. The smallest absolute Gasteiger partial charge is 0.303 e. The van der Waals surface area contributed by atoms with E-state index in [2.05, 4.69) is 4.72 Å². The van der Waals surface area contributed by atoms with Gasteiger partial charge >= 0.3 is 5.97 Å². The molecule has 0 aromatic carbocycles. The van der Waals surface area contributed by atoms with Crippen molar-refractivity contribution in [1.82, 2.24) is 4.72 Å². The quantitative estimate of drug-likeness (QED) is 0.701. The molecule has 0 bridgehead atoms. The number of nitriles is 1. The van der Waals surface area contributed by atoms with E-state index in [1.165, 1.54) is 0 Å². The summed E-state index contributed by atoms with van der Waals surface area (Å²) in [7, 11) is -3.53. The summed E-state index contributed by atoms with van der Waals surface area (Å²) in [5.41, 5.74) is -0.0872. The zero-order valence-corrected chi connectivity index (χ0v) is 12.5. The Morgan fingerprint density at radius 2 is 1.95 bits per heavy atom. The minimum atomic E-state index is -3.53. The number of rotatable bonds is 8. The zero-order chi connectivity index (χ0) is 15.1. The Labute approximate surface area is 114 Å². The average molecular weight is 290 g/mol. The summed E-state index contributed by atoms with van der Waals surface area (Å²) < 4.78 is 25.0. The van der Waals surface area contributed by atoms with Crippen LogP contribution in [0.1, 0.15) is 40.0 Å². The Kier molecular flexibility index (Phi) is 7.01. The van der Waals surface area contributed by atoms with Crippen LogP contribution >= 0.6 is 0 Å². The van der Waals surface area contributed by atoms with E-state index in [9.17, 15) is 13.2 Å². The molecule has 0 aromatic rings. The van der Waals surface area contributed by atoms with Gasteiger partial charge in [0.05, 0.1) is 6.07 Å². The van der Waals surface area contributed by atoms with Gasteiger partial charge < -0.3 is 5.11 Å². The van der Waals surface area contributed by atoms with Crippen molar-refractivity contribution in [2.45, 2.75) is 40.0 Å². The van der Waals surface area contributed by atoms with Crippen molar-refractivity contribution in [2.24, 2.45) is 11.3 Å². The molecule has 0 rings (SSSR count). The molecule has 0 amide bonds. The molecule has 19 heavy (non-hydrogen) atoms. The summed E-state index contributed by atoms with van der Waals surface area (Å²) in [5, 5.41) is 17.1. The van der Waals surface area contributed by atoms with E-state index >= 15 is 0 Å². The molecule has 1 unspecified atom stereocenters. The Bertz CT molecular complexity index is 432. The van der Waals surface area contributed by atoms with Gasteiger partial charge in [0.1, 0.15) is 0 Å². The first-order valence-electron chi connectivity index (χ1n) is 6.14. The largest absolute Gasteiger partial charge is 0.481 e. The van der Waals surface area contributed by atoms with E-state index in [-0.39, 0.29) is 24.3 Å². The molecule has 6 nitrogen and oxygen atoms in total. The maximum Gasteiger partial charge on any atom is 0.303 e. The number of nitrogens with one attached hydrogen (secondary N) is 1. The minimum absolute atomic E-state index is 0.0763. The van der Waals surface area contributed by atoms with Gasteiger partial charge in [-0.1, -0.05) is 20.8 Å². The van der Waals surface area contributed by atoms with Crippen LogP contribution in [0.2, 0.25) is 0 Å². The monoisotopic (exact) mass is 290 g/mol. The fourth-order valence-corrected chi connectivity index (χ4v) is 2.53. The molecule has 0 spiro atoms. The van der Waals surface area contributed by atoms with E-state index < -0.39 is 21.7 Å². The SMILES string of the molecule is CC(C)(C)C(CCNS(=O)(=O)CC#N)CCC(=O)O. The molecule has 0 fully saturated rings. The molecule has 0 heterocycles. The standard InChI is InChI=1S/C12H22N2O4S/c1-12(2,3)10(4-5-11(15)16)6-8-14-19(17,18)9-7-13/h10,14H,4-6,8-9H2,1-3H3,(H,15,16). The van der Waals surface area contributed by atoms with E-state index in [0.717, 1.165) is 0 Å². The number of sulfonamides is 1. The Hall–Kier alpha value is -1.13. The third-order valence-corrected chi connectivity index (χ3v) is 4.15. The predicted molar refractivity (Wildman–Crippen MR) is 71.8 cm³/mol. The number of carboxylic acid groups (broad SMARTS) is 1. The van der Waals surface area contributed by atoms with Crippen LogP contribution in [0, 0.1) is 22.7 Å². The van der Waals surface area contributed by atoms with Crippen molar-refractivity contribution in [2.75, 3.05) is 12.3 Å². The molecule has 0 aromatic heterocycles. The van der Waals surface area contributed by atoms with Crippen LogP contribution in [-0.4, -0.2) is 31.8 Å². The highest BCUT2D eigenvalue weighted by atomic mass is 32.2. The van der Waals surface area contributed by atoms with Gasteiger partial charge in [-0.3, -0.25) is 4.79 Å². The molecule has 0 radical (unpaired) electrons. The molecule has 1 atom stereocenters. The lowest BCUT2D eigenvalue weighted by Crippen LogP contribution is -2.31. The van der Waals surface area contributed by atoms with Crippen LogP contribution in [0.4, 0.5) is 0 Å². The average Bonchev–Trinajstić information content (AvgIpc) is 2.20. The first kappa shape index (κ1) is 17.9. The van der Waals surface area contributed by atoms with Crippen LogP contribution in [0.25, 0.3) is 0 Å². The van der Waals surface area contributed by atoms with E-state index in [1.54, 1.807) is 6.07 Å². The maximum absolute atomic E-state index is 11.3. The summed E-state index contributed by atoms with van der Waals surface area (Å²) in [6.45, 7) is 6.24. The number of hydrogen-bond acceptors (Lipinski definition) is 4. The fourth-order valence-electron chi connectivity index (χ4n) is 1.83. The highest BCUT2D eigenvalue weighted by molar-refractivity contribution is 7.89. The van der Waals surface area contributed by atoms with Gasteiger partial charge in [0, 0.05) is 13.0 Å². The summed E-state index contributed by atoms with van der Waals surface area (Å²) in [6, 6.07) is 1.59. The second-order valence-corrected chi connectivity index (χ2v) is 7.40. The number of carboxylic acids is 1. The summed E-state index contributed by atoms with van der Waals surface area (Å²) >= 11 is 0. The molecule has 0 aliphatic carbocycles. The van der Waals surface area contributed by atoms with Crippen molar-refractivity contribution in [3.63, 3.8) is 0 Å². The molecular formula is C12H22N2O4S. The fraction of sp³-hybridized carbons (Fsp3) is 0.833. The van der Waals surface area contributed by atoms with Crippen molar-refractivity contribution >= 4 is 16.0 Å². The molecule has 0 saturated heterocycles. The van der Waals surface area contributed by atoms with Gasteiger partial charge in [-0.05, 0) is 24.2 Å². The first-order valence-corrected chi connectivity index (χ1v) is 7.80. The maximum atomic E-state index is 11.3. The molecular weight excluding hydrogens is 268 g/mol. The van der Waals surface area contributed by atoms with Gasteiger partial charge in [0.15, 0.2) is 5.75 Å². The topological polar surface area (TPSA) is 107 Å². The van der Waals surface area contributed by atoms with Gasteiger partial charge in [-0.25, -0.2) is 13.1 Å². The Balaban J connectivity index is 4.37. The number of hydrogen-bond donors (Lipinski definition) is 2. The van der Waals surface area contributed by atoms with Crippen molar-refractivity contribution in [3.05, 3.63) is 0 Å². The number of aliphatic carboxylic acids is 1. The summed E-state index contributed by atoms with van der Waals surface area (Å²) in [4.78, 5) is 10.6. The van der Waals surface area contributed by atoms with Gasteiger partial charge in [-0.15, -0.1) is 0 Å². The molecule has 110 valence electrons. The third kappa shape index (κ3) is 8.56. The highest BCUT2D eigenvalue weighted by Crippen LogP contribution is 2.32. The lowest BCUT2D eigenvalue weighted by atomic mass is 9.76. The summed E-state index contributed by atoms with van der Waals surface area (Å²) in [6.07, 6.45) is 1.15. The van der Waals surface area contributed by atoms with Gasteiger partial charge in [0.25, 0.3) is 0 Å². The second-order valence-electron chi connectivity index (χ2n) is 5.60. The number of nitrogens with zero attached hydrogens (tertiary/aromatic N) is 1. The normalized spacial score (nSPS) is 13.8. The van der Waals surface area contributed by atoms with Crippen LogP contribution < -0.4 is 4.72 Å². The minimum Gasteiger partial charge on any atom is -0.481 e. The van der Waals surface area contributed by atoms with Crippen LogP contribution in [0.15, 0.2) is 0 Å². The van der Waals surface area contributed by atoms with Crippen molar-refractivity contribution in [1.29, 1.82) is 5.26 Å². The molecule has 2 N–H and O–H groups in total. The third-order valence-electron chi connectivity index (χ3n) is 3.00. The predicted octanol–water partition coefficient (Wildman–Crippen LogP) is 1.35. The highest BCUT2D eigenvalue weighted by Gasteiger charge is 2.25. The van der Waals surface area contributed by atoms with Crippen LogP contribution in [0.3, 0.4) is 0 Å². The van der Waals surface area contributed by atoms with E-state index in [4.69, 9.17) is 10.4 Å². The first-order chi connectivity index (χ1) is 8.58. The molecule has 0 aliphatic heterocycles. The van der Waals surface area contributed by atoms with Gasteiger partial charge in [0.2, 0.25) is 10.0 Å². The Morgan fingerprint density at radius 3 is 2.37 bits per heavy atom. The number of carbonyl (C=O) groups is 1. The summed E-state index contributed by atoms with van der Waals surface area (Å²) in [5.74, 6) is -1.30. The molecule has 0 aliphatic rings. The lowest BCUT2D eigenvalue weighted by Gasteiger charge is -2.30. The van der Waals surface area contributed by atoms with Gasteiger partial charge in [-0.2, -0.15) is 5.26 Å². The second kappa shape index (κ2) is 7.46. The van der Waals surface area contributed by atoms with E-state index in [0.29, 0.717) is 12.8 Å². The van der Waals surface area contributed by atoms with Crippen LogP contribution in [0.5, 0.6) is 0 Å². The lowest BCUT2D eigenvalue weighted by molar-refractivity contribution is -0.137. The van der Waals surface area contributed by atoms with Crippen molar-refractivity contribution < 1.29 is 18.3 Å². The van der Waals surface area contributed by atoms with E-state index in [1.807, 2.05) is 20.8 Å². The molecule has 0 saturated carbocycles. The zero-order valence-electron chi connectivity index (χ0n) is 11.6.